The fraction of sp³-hybridized carbons (Fsp3) is 0.600. The van der Waals surface area contributed by atoms with E-state index in [1.807, 2.05) is 13.8 Å². The van der Waals surface area contributed by atoms with Crippen LogP contribution in [0.4, 0.5) is 0 Å². The van der Waals surface area contributed by atoms with Gasteiger partial charge in [0.15, 0.2) is 0 Å². The van der Waals surface area contributed by atoms with Crippen molar-refractivity contribution < 1.29 is 37.4 Å². The van der Waals surface area contributed by atoms with Gasteiger partial charge in [-0.15, -0.1) is 0 Å². The summed E-state index contributed by atoms with van der Waals surface area (Å²) in [6.07, 6.45) is 11.5. The monoisotopic (exact) mass is 466 g/mol. The van der Waals surface area contributed by atoms with E-state index in [9.17, 15) is 14.0 Å². The molecule has 3 N–H and O–H groups in total. The lowest BCUT2D eigenvalue weighted by Gasteiger charge is -2.11. The number of hydrogen-bond acceptors (Lipinski definition) is 5. The molecule has 30 heavy (non-hydrogen) atoms. The van der Waals surface area contributed by atoms with Crippen LogP contribution in [0.5, 0.6) is 0 Å². The highest BCUT2D eigenvalue weighted by molar-refractivity contribution is 7.60. The highest BCUT2D eigenvalue weighted by atomic mass is 31.3. The van der Waals surface area contributed by atoms with Gasteiger partial charge < -0.3 is 19.4 Å². The van der Waals surface area contributed by atoms with E-state index in [0.29, 0.717) is 19.6 Å². The molecule has 0 spiro atoms. The van der Waals surface area contributed by atoms with Crippen LogP contribution in [0.2, 0.25) is 0 Å². The highest BCUT2D eigenvalue weighted by Gasteiger charge is 2.31. The molecule has 0 saturated heterocycles. The maximum Gasteiger partial charge on any atom is 0.481 e. The molecule has 0 aliphatic rings. The lowest BCUT2D eigenvalue weighted by atomic mass is 10.1. The molecular formula is C20H36O8P2. The molecule has 0 fully saturated rings. The third-order valence-electron chi connectivity index (χ3n) is 3.88. The third-order valence-corrected chi connectivity index (χ3v) is 6.03. The molecule has 1 unspecified atom stereocenters. The maximum atomic E-state index is 11.3. The molecular weight excluding hydrogens is 430 g/mol. The second-order valence-electron chi connectivity index (χ2n) is 7.36. The molecule has 174 valence electrons. The summed E-state index contributed by atoms with van der Waals surface area (Å²) in [5.41, 5.74) is 4.67. The third kappa shape index (κ3) is 19.2. The van der Waals surface area contributed by atoms with E-state index in [1.54, 1.807) is 6.08 Å². The van der Waals surface area contributed by atoms with Gasteiger partial charge in [-0.25, -0.2) is 9.13 Å². The van der Waals surface area contributed by atoms with Gasteiger partial charge >= 0.3 is 15.6 Å². The van der Waals surface area contributed by atoms with Gasteiger partial charge in [0.25, 0.3) is 0 Å². The van der Waals surface area contributed by atoms with E-state index >= 15 is 0 Å². The van der Waals surface area contributed by atoms with Crippen LogP contribution in [0.1, 0.15) is 60.3 Å². The Morgan fingerprint density at radius 1 is 0.767 bits per heavy atom. The fourth-order valence-corrected chi connectivity index (χ4v) is 3.78. The average Bonchev–Trinajstić information content (AvgIpc) is 2.56. The van der Waals surface area contributed by atoms with Crippen LogP contribution in [-0.4, -0.2) is 34.5 Å². The first-order chi connectivity index (χ1) is 13.8. The minimum atomic E-state index is -5.09. The molecule has 10 heteroatoms. The van der Waals surface area contributed by atoms with Gasteiger partial charge in [0.2, 0.25) is 0 Å². The highest BCUT2D eigenvalue weighted by Crippen LogP contribution is 2.57. The number of phosphoric acid groups is 2. The fourth-order valence-electron chi connectivity index (χ4n) is 2.25. The van der Waals surface area contributed by atoms with Crippen LogP contribution >= 0.6 is 15.6 Å². The average molecular weight is 466 g/mol. The number of phosphoric ester groups is 1. The molecule has 1 atom stereocenters. The molecule has 0 radical (unpaired) electrons. The van der Waals surface area contributed by atoms with Crippen LogP contribution < -0.4 is 0 Å². The van der Waals surface area contributed by atoms with E-state index in [2.05, 4.69) is 47.8 Å². The summed E-state index contributed by atoms with van der Waals surface area (Å²) >= 11 is 0. The van der Waals surface area contributed by atoms with Crippen molar-refractivity contribution in [3.63, 3.8) is 0 Å². The molecule has 8 nitrogen and oxygen atoms in total. The van der Waals surface area contributed by atoms with Crippen LogP contribution in [-0.2, 0) is 22.7 Å². The Morgan fingerprint density at radius 2 is 1.30 bits per heavy atom. The first-order valence-corrected chi connectivity index (χ1v) is 12.8. The van der Waals surface area contributed by atoms with Crippen molar-refractivity contribution in [1.29, 1.82) is 0 Å². The molecule has 0 aromatic rings. The molecule has 0 aliphatic carbocycles. The van der Waals surface area contributed by atoms with Gasteiger partial charge in [-0.1, -0.05) is 46.6 Å². The minimum Gasteiger partial charge on any atom is -0.373 e. The Balaban J connectivity index is 4.13. The summed E-state index contributed by atoms with van der Waals surface area (Å²) in [4.78, 5) is 26.2. The standard InChI is InChI=1S/C20H36O8P2/c1-17(2)8-6-9-18(3)12-14-26-16-20(5)11-7-10-19(4)13-15-27-30(24,25)28-29(21,22)23/h8,11-13H,6-7,9-10,14-16H2,1-5H3,(H,24,25)(H2,21,22,23)/b18-12-,19-13+,20-11+. The van der Waals surface area contributed by atoms with Crippen LogP contribution in [0.3, 0.4) is 0 Å². The van der Waals surface area contributed by atoms with Crippen molar-refractivity contribution >= 4 is 15.6 Å². The number of hydrogen-bond donors (Lipinski definition) is 3. The van der Waals surface area contributed by atoms with Gasteiger partial charge in [0.05, 0.1) is 19.8 Å². The van der Waals surface area contributed by atoms with E-state index in [1.165, 1.54) is 11.1 Å². The van der Waals surface area contributed by atoms with Gasteiger partial charge in [-0.05, 0) is 60.3 Å². The lowest BCUT2D eigenvalue weighted by Crippen LogP contribution is -1.97. The summed E-state index contributed by atoms with van der Waals surface area (Å²) in [5.74, 6) is 0. The minimum absolute atomic E-state index is 0.287. The second kappa shape index (κ2) is 15.1. The summed E-state index contributed by atoms with van der Waals surface area (Å²) < 4.78 is 35.8. The van der Waals surface area contributed by atoms with Crippen LogP contribution in [0, 0.1) is 0 Å². The molecule has 0 aliphatic heterocycles. The summed E-state index contributed by atoms with van der Waals surface area (Å²) in [7, 11) is -9.88. The Hall–Kier alpha value is -0.820. The molecule has 0 rings (SSSR count). The molecule has 0 saturated carbocycles. The Bertz CT molecular complexity index is 727. The van der Waals surface area contributed by atoms with Crippen molar-refractivity contribution in [2.75, 3.05) is 19.8 Å². The largest absolute Gasteiger partial charge is 0.481 e. The van der Waals surface area contributed by atoms with Gasteiger partial charge in [-0.3, -0.25) is 4.52 Å². The Labute approximate surface area is 180 Å². The first kappa shape index (κ1) is 29.2. The van der Waals surface area contributed by atoms with E-state index in [0.717, 1.165) is 30.4 Å². The Morgan fingerprint density at radius 3 is 1.83 bits per heavy atom. The van der Waals surface area contributed by atoms with Crippen molar-refractivity contribution in [3.05, 3.63) is 46.6 Å². The second-order valence-corrected chi connectivity index (χ2v) is 10.2. The molecule has 0 bridgehead atoms. The summed E-state index contributed by atoms with van der Waals surface area (Å²) in [5, 5.41) is 0. The quantitative estimate of drug-likeness (QED) is 0.162. The van der Waals surface area contributed by atoms with Gasteiger partial charge in [0, 0.05) is 0 Å². The topological polar surface area (TPSA) is 123 Å². The maximum absolute atomic E-state index is 11.3. The van der Waals surface area contributed by atoms with Crippen LogP contribution in [0.25, 0.3) is 0 Å². The zero-order chi connectivity index (χ0) is 23.2. The summed E-state index contributed by atoms with van der Waals surface area (Å²) in [6.45, 7) is 11.0. The van der Waals surface area contributed by atoms with Gasteiger partial charge in [0.1, 0.15) is 0 Å². The zero-order valence-electron chi connectivity index (χ0n) is 18.5. The molecule has 0 aromatic heterocycles. The lowest BCUT2D eigenvalue weighted by molar-refractivity contribution is 0.186. The smallest absolute Gasteiger partial charge is 0.373 e. The predicted octanol–water partition coefficient (Wildman–Crippen LogP) is 5.59. The van der Waals surface area contributed by atoms with Crippen molar-refractivity contribution in [2.24, 2.45) is 0 Å². The van der Waals surface area contributed by atoms with Crippen molar-refractivity contribution in [3.8, 4) is 0 Å². The predicted molar refractivity (Wildman–Crippen MR) is 119 cm³/mol. The zero-order valence-corrected chi connectivity index (χ0v) is 20.3. The van der Waals surface area contributed by atoms with E-state index in [4.69, 9.17) is 14.5 Å². The first-order valence-electron chi connectivity index (χ1n) is 9.73. The number of ether oxygens (including phenoxy) is 1. The Kier molecular flexibility index (Phi) is 14.6. The van der Waals surface area contributed by atoms with E-state index in [-0.39, 0.29) is 6.61 Å². The van der Waals surface area contributed by atoms with E-state index < -0.39 is 15.6 Å². The number of allylic oxidation sites excluding steroid dienone is 5. The van der Waals surface area contributed by atoms with Crippen molar-refractivity contribution in [2.45, 2.75) is 60.3 Å². The molecule has 0 aromatic carbocycles. The number of rotatable bonds is 15. The normalized spacial score (nSPS) is 15.8. The molecule has 0 heterocycles. The SMILES string of the molecule is CC(C)=CCC/C(C)=C\COC/C(C)=C/CC/C(C)=C/COP(=O)(O)OP(=O)(O)O. The summed E-state index contributed by atoms with van der Waals surface area (Å²) in [6, 6.07) is 0. The van der Waals surface area contributed by atoms with Gasteiger partial charge in [-0.2, -0.15) is 4.31 Å². The van der Waals surface area contributed by atoms with Crippen molar-refractivity contribution in [1.82, 2.24) is 0 Å². The van der Waals surface area contributed by atoms with Crippen LogP contribution in [0.15, 0.2) is 46.6 Å². The molecule has 0 amide bonds.